The van der Waals surface area contributed by atoms with Gasteiger partial charge in [0.1, 0.15) is 0 Å². The Kier molecular flexibility index (Phi) is 4.05. The van der Waals surface area contributed by atoms with Crippen LogP contribution in [0.4, 0.5) is 0 Å². The molecule has 112 valence electrons. The average Bonchev–Trinajstić information content (AvgIpc) is 2.93. The second-order valence-corrected chi connectivity index (χ2v) is 6.06. The number of benzene rings is 1. The van der Waals surface area contributed by atoms with E-state index in [-0.39, 0.29) is 11.3 Å². The number of hydrogen-bond donors (Lipinski definition) is 0. The minimum atomic E-state index is -0.106. The molecule has 0 saturated carbocycles. The zero-order valence-electron chi connectivity index (χ0n) is 11.8. The summed E-state index contributed by atoms with van der Waals surface area (Å²) in [5.74, 6) is 0.734. The molecule has 22 heavy (non-hydrogen) atoms. The molecule has 0 unspecified atom stereocenters. The van der Waals surface area contributed by atoms with Crippen LogP contribution in [0.15, 0.2) is 28.2 Å². The maximum Gasteiger partial charge on any atom is 0.262 e. The Morgan fingerprint density at radius 1 is 1.41 bits per heavy atom. The third-order valence-electron chi connectivity index (χ3n) is 3.25. The number of aromatic nitrogens is 4. The molecule has 2 heterocycles. The van der Waals surface area contributed by atoms with Crippen LogP contribution in [-0.4, -0.2) is 24.9 Å². The van der Waals surface area contributed by atoms with Gasteiger partial charge in [0.25, 0.3) is 5.56 Å². The van der Waals surface area contributed by atoms with E-state index < -0.39 is 0 Å². The van der Waals surface area contributed by atoms with Crippen molar-refractivity contribution >= 4 is 40.0 Å². The number of hydrogen-bond acceptors (Lipinski definition) is 5. The van der Waals surface area contributed by atoms with Crippen molar-refractivity contribution in [1.82, 2.24) is 19.2 Å². The Morgan fingerprint density at radius 2 is 2.23 bits per heavy atom. The molecule has 0 amide bonds. The Labute approximate surface area is 135 Å². The van der Waals surface area contributed by atoms with Gasteiger partial charge < -0.3 is 0 Å². The van der Waals surface area contributed by atoms with Gasteiger partial charge >= 0.3 is 0 Å². The molecule has 6 nitrogen and oxygen atoms in total. The molecular formula is C14H12ClN5OS. The Morgan fingerprint density at radius 3 is 2.95 bits per heavy atom. The maximum atomic E-state index is 12.6. The molecule has 0 spiro atoms. The van der Waals surface area contributed by atoms with Crippen LogP contribution >= 0.6 is 23.4 Å². The van der Waals surface area contributed by atoms with Gasteiger partial charge in [-0.2, -0.15) is 5.26 Å². The summed E-state index contributed by atoms with van der Waals surface area (Å²) >= 11 is 7.35. The van der Waals surface area contributed by atoms with E-state index in [2.05, 4.69) is 16.3 Å². The van der Waals surface area contributed by atoms with E-state index in [1.165, 1.54) is 11.8 Å². The van der Waals surface area contributed by atoms with Gasteiger partial charge in [-0.25, -0.2) is 0 Å². The number of nitrogens with zero attached hydrogens (tertiary/aromatic N) is 5. The van der Waals surface area contributed by atoms with Gasteiger partial charge in [-0.1, -0.05) is 30.3 Å². The first-order chi connectivity index (χ1) is 10.7. The summed E-state index contributed by atoms with van der Waals surface area (Å²) in [6.07, 6.45) is 0.808. The largest absolute Gasteiger partial charge is 0.276 e. The number of aryl methyl sites for hydroxylation is 1. The topological polar surface area (TPSA) is 76.0 Å². The third kappa shape index (κ3) is 2.34. The van der Waals surface area contributed by atoms with Gasteiger partial charge in [-0.05, 0) is 24.6 Å². The van der Waals surface area contributed by atoms with Crippen molar-refractivity contribution in [3.63, 3.8) is 0 Å². The van der Waals surface area contributed by atoms with Crippen LogP contribution < -0.4 is 5.56 Å². The van der Waals surface area contributed by atoms with Gasteiger partial charge in [0.15, 0.2) is 5.16 Å². The fourth-order valence-corrected chi connectivity index (χ4v) is 3.14. The predicted octanol–water partition coefficient (Wildman–Crippen LogP) is 2.72. The van der Waals surface area contributed by atoms with E-state index in [0.717, 1.165) is 6.42 Å². The Balaban J connectivity index is 2.44. The minimum absolute atomic E-state index is 0.106. The predicted molar refractivity (Wildman–Crippen MR) is 86.4 cm³/mol. The van der Waals surface area contributed by atoms with Crippen LogP contribution in [0.2, 0.25) is 5.02 Å². The molecule has 8 heteroatoms. The molecule has 3 rings (SSSR count). The zero-order valence-corrected chi connectivity index (χ0v) is 13.4. The highest BCUT2D eigenvalue weighted by molar-refractivity contribution is 7.99. The molecule has 0 aliphatic carbocycles. The van der Waals surface area contributed by atoms with Crippen LogP contribution in [0.3, 0.4) is 0 Å². The van der Waals surface area contributed by atoms with Crippen molar-refractivity contribution in [1.29, 1.82) is 5.26 Å². The van der Waals surface area contributed by atoms with Crippen molar-refractivity contribution in [2.24, 2.45) is 0 Å². The first kappa shape index (κ1) is 14.9. The summed E-state index contributed by atoms with van der Waals surface area (Å²) in [5, 5.41) is 18.7. The third-order valence-corrected chi connectivity index (χ3v) is 4.28. The lowest BCUT2D eigenvalue weighted by Crippen LogP contribution is -2.23. The SMILES string of the molecule is CCCn1c(=O)c2ccc(Cl)cc2n2c(SCC#N)nnc12. The van der Waals surface area contributed by atoms with Crippen LogP contribution in [0.1, 0.15) is 13.3 Å². The van der Waals surface area contributed by atoms with Crippen LogP contribution in [0.25, 0.3) is 16.7 Å². The number of rotatable bonds is 4. The lowest BCUT2D eigenvalue weighted by atomic mass is 10.2. The first-order valence-corrected chi connectivity index (χ1v) is 8.10. The number of halogens is 1. The highest BCUT2D eigenvalue weighted by Crippen LogP contribution is 2.23. The summed E-state index contributed by atoms with van der Waals surface area (Å²) in [5.41, 5.74) is 0.551. The van der Waals surface area contributed by atoms with Crippen molar-refractivity contribution in [3.8, 4) is 6.07 Å². The first-order valence-electron chi connectivity index (χ1n) is 6.74. The highest BCUT2D eigenvalue weighted by atomic mass is 35.5. The quantitative estimate of drug-likeness (QED) is 0.686. The summed E-state index contributed by atoms with van der Waals surface area (Å²) in [6.45, 7) is 2.55. The van der Waals surface area contributed by atoms with E-state index in [0.29, 0.717) is 33.4 Å². The second kappa shape index (κ2) is 5.99. The number of thioether (sulfide) groups is 1. The average molecular weight is 334 g/mol. The molecule has 3 aromatic rings. The van der Waals surface area contributed by atoms with E-state index in [9.17, 15) is 4.79 Å². The molecule has 0 aliphatic heterocycles. The van der Waals surface area contributed by atoms with Gasteiger partial charge in [-0.15, -0.1) is 10.2 Å². The summed E-state index contributed by atoms with van der Waals surface area (Å²) < 4.78 is 3.40. The van der Waals surface area contributed by atoms with Crippen molar-refractivity contribution in [2.75, 3.05) is 5.75 Å². The molecular weight excluding hydrogens is 322 g/mol. The van der Waals surface area contributed by atoms with E-state index >= 15 is 0 Å². The molecule has 0 radical (unpaired) electrons. The molecule has 0 aliphatic rings. The van der Waals surface area contributed by atoms with E-state index in [1.807, 2.05) is 6.92 Å². The lowest BCUT2D eigenvalue weighted by molar-refractivity contribution is 0.662. The second-order valence-electron chi connectivity index (χ2n) is 4.68. The fourth-order valence-electron chi connectivity index (χ4n) is 2.37. The molecule has 0 bridgehead atoms. The summed E-state index contributed by atoms with van der Waals surface area (Å²) in [7, 11) is 0. The standard InChI is InChI=1S/C14H12ClN5OS/c1-2-6-19-12(21)10-4-3-9(15)8-11(10)20-13(19)17-18-14(20)22-7-5-16/h3-4,8H,2,6-7H2,1H3. The van der Waals surface area contributed by atoms with Gasteiger partial charge in [0.2, 0.25) is 5.78 Å². The monoisotopic (exact) mass is 333 g/mol. The highest BCUT2D eigenvalue weighted by Gasteiger charge is 2.16. The smallest absolute Gasteiger partial charge is 0.262 e. The van der Waals surface area contributed by atoms with Gasteiger partial charge in [0.05, 0.1) is 22.7 Å². The van der Waals surface area contributed by atoms with Crippen LogP contribution in [-0.2, 0) is 6.54 Å². The maximum absolute atomic E-state index is 12.6. The van der Waals surface area contributed by atoms with Gasteiger partial charge in [0, 0.05) is 11.6 Å². The van der Waals surface area contributed by atoms with Crippen LogP contribution in [0.5, 0.6) is 0 Å². The molecule has 0 saturated heterocycles. The lowest BCUT2D eigenvalue weighted by Gasteiger charge is -2.10. The minimum Gasteiger partial charge on any atom is -0.276 e. The van der Waals surface area contributed by atoms with E-state index in [1.54, 1.807) is 27.2 Å². The van der Waals surface area contributed by atoms with E-state index in [4.69, 9.17) is 16.9 Å². The van der Waals surface area contributed by atoms with Crippen LogP contribution in [0, 0.1) is 11.3 Å². The molecule has 1 aromatic carbocycles. The number of nitriles is 1. The molecule has 0 N–H and O–H groups in total. The Hall–Kier alpha value is -2.04. The summed E-state index contributed by atoms with van der Waals surface area (Å²) in [6, 6.07) is 7.20. The molecule has 0 fully saturated rings. The van der Waals surface area contributed by atoms with Gasteiger partial charge in [-0.3, -0.25) is 13.8 Å². The zero-order chi connectivity index (χ0) is 15.7. The van der Waals surface area contributed by atoms with Crippen molar-refractivity contribution in [2.45, 2.75) is 25.0 Å². The number of fused-ring (bicyclic) bond motifs is 3. The van der Waals surface area contributed by atoms with Crippen molar-refractivity contribution < 1.29 is 0 Å². The summed E-state index contributed by atoms with van der Waals surface area (Å²) in [4.78, 5) is 12.6. The normalized spacial score (nSPS) is 11.1. The molecule has 0 atom stereocenters. The Bertz CT molecular complexity index is 956. The fraction of sp³-hybridized carbons (Fsp3) is 0.286. The van der Waals surface area contributed by atoms with Crippen molar-refractivity contribution in [3.05, 3.63) is 33.6 Å². The molecule has 2 aromatic heterocycles.